The normalized spacial score (nSPS) is 12.5. The predicted octanol–water partition coefficient (Wildman–Crippen LogP) is 0.0937. The monoisotopic (exact) mass is 238 g/mol. The Labute approximate surface area is 88.3 Å². The van der Waals surface area contributed by atoms with Crippen LogP contribution in [0.1, 0.15) is 19.3 Å². The van der Waals surface area contributed by atoms with Crippen LogP contribution in [-0.4, -0.2) is 37.5 Å². The third-order valence-electron chi connectivity index (χ3n) is 1.31. The molecule has 2 N–H and O–H groups in total. The zero-order chi connectivity index (χ0) is 11.9. The van der Waals surface area contributed by atoms with Gasteiger partial charge in [0.25, 0.3) is 0 Å². The van der Waals surface area contributed by atoms with E-state index in [9.17, 15) is 13.2 Å². The van der Waals surface area contributed by atoms with Crippen LogP contribution in [0, 0.1) is 0 Å². The summed E-state index contributed by atoms with van der Waals surface area (Å²) in [5.41, 5.74) is 0. The van der Waals surface area contributed by atoms with E-state index in [0.717, 1.165) is 6.26 Å². The second-order valence-electron chi connectivity index (χ2n) is 2.90. The first-order valence-electron chi connectivity index (χ1n) is 4.26. The molecule has 0 aromatic rings. The van der Waals surface area contributed by atoms with Crippen LogP contribution in [0.2, 0.25) is 0 Å². The molecule has 15 heavy (non-hydrogen) atoms. The molecule has 0 saturated heterocycles. The number of aliphatic hydroxyl groups is 2. The minimum Gasteiger partial charge on any atom is -0.512 e. The van der Waals surface area contributed by atoms with Crippen molar-refractivity contribution >= 4 is 16.1 Å². The van der Waals surface area contributed by atoms with Gasteiger partial charge < -0.3 is 14.4 Å². The number of carbonyl (C=O) groups excluding carboxylic acids is 1. The first-order chi connectivity index (χ1) is 6.85. The van der Waals surface area contributed by atoms with E-state index in [-0.39, 0.29) is 12.4 Å². The van der Waals surface area contributed by atoms with Crippen LogP contribution >= 0.6 is 0 Å². The Morgan fingerprint density at radius 1 is 1.47 bits per heavy atom. The third-order valence-corrected chi connectivity index (χ3v) is 1.80. The zero-order valence-electron chi connectivity index (χ0n) is 8.34. The van der Waals surface area contributed by atoms with E-state index < -0.39 is 22.5 Å². The van der Waals surface area contributed by atoms with Crippen molar-refractivity contribution in [2.75, 3.05) is 12.9 Å². The van der Waals surface area contributed by atoms with Gasteiger partial charge in [-0.1, -0.05) is 0 Å². The molecule has 0 radical (unpaired) electrons. The Hall–Kier alpha value is -1.08. The maximum atomic E-state index is 10.9. The van der Waals surface area contributed by atoms with Crippen molar-refractivity contribution in [2.45, 2.75) is 19.3 Å². The number of hydrogen-bond donors (Lipinski definition) is 2. The summed E-state index contributed by atoms with van der Waals surface area (Å²) in [6, 6.07) is 0. The van der Waals surface area contributed by atoms with Crippen LogP contribution in [0.3, 0.4) is 0 Å². The van der Waals surface area contributed by atoms with Gasteiger partial charge in [-0.3, -0.25) is 4.79 Å². The average Bonchev–Trinajstić information content (AvgIpc) is 2.00. The van der Waals surface area contributed by atoms with Crippen molar-refractivity contribution in [2.24, 2.45) is 0 Å². The van der Waals surface area contributed by atoms with Gasteiger partial charge in [0.2, 0.25) is 0 Å². The van der Waals surface area contributed by atoms with Gasteiger partial charge in [-0.2, -0.15) is 8.42 Å². The second-order valence-corrected chi connectivity index (χ2v) is 4.47. The molecule has 0 heterocycles. The SMILES string of the molecule is CS(=O)(=O)OC(=O)CC(O)=CCCCO. The number of hydrogen-bond acceptors (Lipinski definition) is 6. The van der Waals surface area contributed by atoms with Gasteiger partial charge in [-0.05, 0) is 18.9 Å². The van der Waals surface area contributed by atoms with E-state index in [1.54, 1.807) is 0 Å². The van der Waals surface area contributed by atoms with Crippen LogP contribution in [0.5, 0.6) is 0 Å². The van der Waals surface area contributed by atoms with Gasteiger partial charge in [-0.15, -0.1) is 0 Å². The topological polar surface area (TPSA) is 101 Å². The molecule has 0 unspecified atom stereocenters. The zero-order valence-corrected chi connectivity index (χ0v) is 9.16. The number of allylic oxidation sites excluding steroid dienone is 1. The second kappa shape index (κ2) is 6.41. The molecule has 0 saturated carbocycles. The summed E-state index contributed by atoms with van der Waals surface area (Å²) in [6.07, 6.45) is 2.47. The summed E-state index contributed by atoms with van der Waals surface area (Å²) < 4.78 is 25.0. The molecular weight excluding hydrogens is 224 g/mol. The van der Waals surface area contributed by atoms with Crippen molar-refractivity contribution in [3.05, 3.63) is 11.8 Å². The minimum atomic E-state index is -3.82. The molecule has 0 aromatic carbocycles. The molecule has 0 amide bonds. The van der Waals surface area contributed by atoms with Crippen molar-refractivity contribution in [1.82, 2.24) is 0 Å². The fourth-order valence-corrected chi connectivity index (χ4v) is 1.17. The summed E-state index contributed by atoms with van der Waals surface area (Å²) in [4.78, 5) is 10.9. The molecule has 0 spiro atoms. The fraction of sp³-hybridized carbons (Fsp3) is 0.625. The first-order valence-corrected chi connectivity index (χ1v) is 6.08. The molecule has 0 bridgehead atoms. The summed E-state index contributed by atoms with van der Waals surface area (Å²) in [6.45, 7) is -0.0163. The van der Waals surface area contributed by atoms with Crippen LogP contribution < -0.4 is 0 Å². The van der Waals surface area contributed by atoms with Gasteiger partial charge in [0.15, 0.2) is 0 Å². The standard InChI is InChI=1S/C8H14O6S/c1-15(12,13)14-8(11)6-7(10)4-2-3-5-9/h4,9-10H,2-3,5-6H2,1H3. The molecule has 88 valence electrons. The lowest BCUT2D eigenvalue weighted by Gasteiger charge is -2.00. The molecule has 0 aliphatic rings. The van der Waals surface area contributed by atoms with Crippen molar-refractivity contribution in [1.29, 1.82) is 0 Å². The number of unbranched alkanes of at least 4 members (excludes halogenated alkanes) is 1. The lowest BCUT2D eigenvalue weighted by molar-refractivity contribution is -0.133. The highest BCUT2D eigenvalue weighted by atomic mass is 32.2. The molecule has 6 nitrogen and oxygen atoms in total. The van der Waals surface area contributed by atoms with Crippen LogP contribution in [-0.2, 0) is 19.1 Å². The Kier molecular flexibility index (Phi) is 5.95. The molecule has 7 heteroatoms. The number of aliphatic hydroxyl groups excluding tert-OH is 2. The van der Waals surface area contributed by atoms with Crippen molar-refractivity contribution in [3.8, 4) is 0 Å². The Morgan fingerprint density at radius 3 is 2.53 bits per heavy atom. The fourth-order valence-electron chi connectivity index (χ4n) is 0.778. The summed E-state index contributed by atoms with van der Waals surface area (Å²) in [5, 5.41) is 17.6. The van der Waals surface area contributed by atoms with Crippen LogP contribution in [0.4, 0.5) is 0 Å². The van der Waals surface area contributed by atoms with Gasteiger partial charge in [0.1, 0.15) is 6.42 Å². The van der Waals surface area contributed by atoms with Crippen molar-refractivity contribution in [3.63, 3.8) is 0 Å². The van der Waals surface area contributed by atoms with Gasteiger partial charge in [-0.25, -0.2) is 0 Å². The Bertz CT molecular complexity index is 329. The van der Waals surface area contributed by atoms with Crippen molar-refractivity contribution < 1.29 is 27.6 Å². The maximum absolute atomic E-state index is 10.9. The van der Waals surface area contributed by atoms with Crippen LogP contribution in [0.15, 0.2) is 11.8 Å². The molecule has 0 atom stereocenters. The van der Waals surface area contributed by atoms with Gasteiger partial charge >= 0.3 is 16.1 Å². The highest BCUT2D eigenvalue weighted by Gasteiger charge is 2.12. The van der Waals surface area contributed by atoms with Crippen LogP contribution in [0.25, 0.3) is 0 Å². The number of rotatable bonds is 6. The highest BCUT2D eigenvalue weighted by molar-refractivity contribution is 7.86. The molecule has 0 rings (SSSR count). The lowest BCUT2D eigenvalue weighted by Crippen LogP contribution is -2.11. The molecule has 0 fully saturated rings. The van der Waals surface area contributed by atoms with E-state index in [0.29, 0.717) is 12.8 Å². The number of carbonyl (C=O) groups is 1. The van der Waals surface area contributed by atoms with Gasteiger partial charge in [0.05, 0.1) is 12.0 Å². The summed E-state index contributed by atoms with van der Waals surface area (Å²) in [5.74, 6) is -1.30. The van der Waals surface area contributed by atoms with E-state index in [2.05, 4.69) is 4.18 Å². The quantitative estimate of drug-likeness (QED) is 0.386. The predicted molar refractivity (Wildman–Crippen MR) is 52.6 cm³/mol. The minimum absolute atomic E-state index is 0.0163. The molecular formula is C8H14O6S. The highest BCUT2D eigenvalue weighted by Crippen LogP contribution is 2.03. The van der Waals surface area contributed by atoms with E-state index >= 15 is 0 Å². The lowest BCUT2D eigenvalue weighted by atomic mass is 10.2. The molecule has 0 aliphatic heterocycles. The molecule has 0 aromatic heterocycles. The summed E-state index contributed by atoms with van der Waals surface area (Å²) >= 11 is 0. The van der Waals surface area contributed by atoms with E-state index in [1.807, 2.05) is 0 Å². The largest absolute Gasteiger partial charge is 0.512 e. The van der Waals surface area contributed by atoms with E-state index in [4.69, 9.17) is 10.2 Å². The summed E-state index contributed by atoms with van der Waals surface area (Å²) in [7, 11) is -3.82. The Balaban J connectivity index is 4.01. The smallest absolute Gasteiger partial charge is 0.329 e. The van der Waals surface area contributed by atoms with Gasteiger partial charge in [0, 0.05) is 6.61 Å². The average molecular weight is 238 g/mol. The van der Waals surface area contributed by atoms with E-state index in [1.165, 1.54) is 6.08 Å². The molecule has 0 aliphatic carbocycles. The Morgan fingerprint density at radius 2 is 2.07 bits per heavy atom. The maximum Gasteiger partial charge on any atom is 0.329 e. The first kappa shape index (κ1) is 13.9. The third kappa shape index (κ3) is 9.23.